The molecule has 0 aliphatic carbocycles. The fourth-order valence-electron chi connectivity index (χ4n) is 1.23. The number of hydrogen-bond acceptors (Lipinski definition) is 5. The van der Waals surface area contributed by atoms with Crippen molar-refractivity contribution in [3.63, 3.8) is 0 Å². The number of phenolic OH excluding ortho intramolecular Hbond substituents is 1. The average Bonchev–Trinajstić information content (AvgIpc) is 2.30. The molecule has 1 aromatic heterocycles. The summed E-state index contributed by atoms with van der Waals surface area (Å²) in [6.45, 7) is 0. The first kappa shape index (κ1) is 10.9. The van der Waals surface area contributed by atoms with Crippen LogP contribution in [0.4, 0.5) is 4.79 Å². The highest BCUT2D eigenvalue weighted by atomic mass is 16.7. The summed E-state index contributed by atoms with van der Waals surface area (Å²) in [5, 5.41) is 17.5. The molecule has 0 unspecified atom stereocenters. The molecule has 0 radical (unpaired) electrons. The van der Waals surface area contributed by atoms with Crippen molar-refractivity contribution in [3.8, 4) is 22.9 Å². The molecule has 0 aliphatic rings. The summed E-state index contributed by atoms with van der Waals surface area (Å²) >= 11 is 0. The van der Waals surface area contributed by atoms with Gasteiger partial charge >= 0.3 is 6.16 Å². The minimum Gasteiger partial charge on any atom is -0.508 e. The zero-order valence-corrected chi connectivity index (χ0v) is 8.57. The van der Waals surface area contributed by atoms with Crippen LogP contribution in [0.2, 0.25) is 0 Å². The first-order valence-corrected chi connectivity index (χ1v) is 4.67. The molecule has 0 spiro atoms. The molecule has 2 aromatic rings. The van der Waals surface area contributed by atoms with Crippen LogP contribution >= 0.6 is 0 Å². The first-order valence-electron chi connectivity index (χ1n) is 4.67. The average molecular weight is 232 g/mol. The lowest BCUT2D eigenvalue weighted by Crippen LogP contribution is -2.03. The number of aromatic nitrogens is 2. The van der Waals surface area contributed by atoms with Gasteiger partial charge in [-0.05, 0) is 24.3 Å². The molecule has 6 nitrogen and oxygen atoms in total. The van der Waals surface area contributed by atoms with E-state index in [-0.39, 0.29) is 11.5 Å². The largest absolute Gasteiger partial charge is 0.511 e. The van der Waals surface area contributed by atoms with Gasteiger partial charge in [-0.2, -0.15) is 0 Å². The normalized spacial score (nSPS) is 9.88. The Morgan fingerprint density at radius 2 is 1.71 bits per heavy atom. The van der Waals surface area contributed by atoms with E-state index in [1.807, 2.05) is 0 Å². The Kier molecular flexibility index (Phi) is 2.87. The van der Waals surface area contributed by atoms with Gasteiger partial charge in [0.15, 0.2) is 11.6 Å². The minimum atomic E-state index is -1.41. The lowest BCUT2D eigenvalue weighted by molar-refractivity contribution is 0.144. The molecule has 0 aliphatic heterocycles. The molecule has 0 saturated carbocycles. The van der Waals surface area contributed by atoms with E-state index in [4.69, 9.17) is 10.2 Å². The van der Waals surface area contributed by atoms with Crippen molar-refractivity contribution in [1.29, 1.82) is 0 Å². The Labute approximate surface area is 96.2 Å². The number of nitrogens with zero attached hydrogens (tertiary/aromatic N) is 2. The predicted octanol–water partition coefficient (Wildman–Crippen LogP) is 1.91. The maximum absolute atomic E-state index is 10.3. The predicted molar refractivity (Wildman–Crippen MR) is 57.8 cm³/mol. The lowest BCUT2D eigenvalue weighted by Gasteiger charge is -2.01. The number of hydrogen-bond donors (Lipinski definition) is 2. The summed E-state index contributed by atoms with van der Waals surface area (Å²) in [7, 11) is 0. The van der Waals surface area contributed by atoms with Gasteiger partial charge in [0.2, 0.25) is 0 Å². The van der Waals surface area contributed by atoms with E-state index >= 15 is 0 Å². The van der Waals surface area contributed by atoms with Crippen molar-refractivity contribution in [1.82, 2.24) is 9.97 Å². The van der Waals surface area contributed by atoms with Gasteiger partial charge in [0.1, 0.15) is 5.75 Å². The second-order valence-electron chi connectivity index (χ2n) is 3.16. The number of aromatic hydroxyl groups is 1. The molecule has 0 atom stereocenters. The summed E-state index contributed by atoms with van der Waals surface area (Å²) < 4.78 is 4.38. The topological polar surface area (TPSA) is 92.5 Å². The molecule has 17 heavy (non-hydrogen) atoms. The fraction of sp³-hybridized carbons (Fsp3) is 0. The number of carboxylic acid groups (broad SMARTS) is 1. The van der Waals surface area contributed by atoms with Crippen LogP contribution in [0, 0.1) is 0 Å². The van der Waals surface area contributed by atoms with E-state index in [2.05, 4.69) is 14.7 Å². The van der Waals surface area contributed by atoms with Gasteiger partial charge in [0.05, 0.1) is 12.4 Å². The fourth-order valence-corrected chi connectivity index (χ4v) is 1.23. The molecule has 0 saturated heterocycles. The van der Waals surface area contributed by atoms with Crippen LogP contribution < -0.4 is 4.74 Å². The SMILES string of the molecule is O=C(O)Oc1cnc(-c2ccc(O)cc2)nc1. The zero-order valence-electron chi connectivity index (χ0n) is 8.57. The third-order valence-electron chi connectivity index (χ3n) is 1.96. The third kappa shape index (κ3) is 2.69. The minimum absolute atomic E-state index is 0.0556. The molecule has 0 bridgehead atoms. The highest BCUT2D eigenvalue weighted by Crippen LogP contribution is 2.19. The molecule has 1 heterocycles. The van der Waals surface area contributed by atoms with E-state index in [1.165, 1.54) is 24.5 Å². The monoisotopic (exact) mass is 232 g/mol. The Hall–Kier alpha value is -2.63. The van der Waals surface area contributed by atoms with E-state index in [1.54, 1.807) is 12.1 Å². The van der Waals surface area contributed by atoms with Gasteiger partial charge in [0.25, 0.3) is 0 Å². The van der Waals surface area contributed by atoms with Gasteiger partial charge < -0.3 is 14.9 Å². The van der Waals surface area contributed by atoms with E-state index in [0.717, 1.165) is 0 Å². The van der Waals surface area contributed by atoms with Crippen molar-refractivity contribution >= 4 is 6.16 Å². The van der Waals surface area contributed by atoms with E-state index < -0.39 is 6.16 Å². The molecular weight excluding hydrogens is 224 g/mol. The van der Waals surface area contributed by atoms with Crippen LogP contribution in [0.5, 0.6) is 11.5 Å². The number of phenols is 1. The van der Waals surface area contributed by atoms with Crippen molar-refractivity contribution in [2.45, 2.75) is 0 Å². The Morgan fingerprint density at radius 3 is 2.24 bits per heavy atom. The quantitative estimate of drug-likeness (QED) is 0.768. The van der Waals surface area contributed by atoms with Gasteiger partial charge in [-0.25, -0.2) is 14.8 Å². The third-order valence-corrected chi connectivity index (χ3v) is 1.96. The van der Waals surface area contributed by atoms with Crippen LogP contribution in [0.3, 0.4) is 0 Å². The molecule has 0 amide bonds. The number of ether oxygens (including phenoxy) is 1. The smallest absolute Gasteiger partial charge is 0.508 e. The summed E-state index contributed by atoms with van der Waals surface area (Å²) in [5.41, 5.74) is 0.713. The molecular formula is C11H8N2O4. The summed E-state index contributed by atoms with van der Waals surface area (Å²) in [5.74, 6) is 0.627. The van der Waals surface area contributed by atoms with E-state index in [0.29, 0.717) is 11.4 Å². The maximum Gasteiger partial charge on any atom is 0.511 e. The van der Waals surface area contributed by atoms with E-state index in [9.17, 15) is 4.79 Å². The van der Waals surface area contributed by atoms with Gasteiger partial charge in [0, 0.05) is 5.56 Å². The van der Waals surface area contributed by atoms with Crippen LogP contribution in [0.25, 0.3) is 11.4 Å². The highest BCUT2D eigenvalue weighted by molar-refractivity contribution is 5.61. The zero-order chi connectivity index (χ0) is 12.3. The molecule has 2 rings (SSSR count). The molecule has 6 heteroatoms. The second kappa shape index (κ2) is 4.48. The van der Waals surface area contributed by atoms with Crippen molar-refractivity contribution < 1.29 is 19.7 Å². The molecule has 86 valence electrons. The number of rotatable bonds is 2. The molecule has 2 N–H and O–H groups in total. The summed E-state index contributed by atoms with van der Waals surface area (Å²) in [6.07, 6.45) is 1.12. The van der Waals surface area contributed by atoms with Gasteiger partial charge in [-0.1, -0.05) is 0 Å². The number of benzene rings is 1. The standard InChI is InChI=1S/C11H8N2O4/c14-8-3-1-7(2-4-8)10-12-5-9(6-13-10)17-11(15)16/h1-6,14H,(H,15,16). The Morgan fingerprint density at radius 1 is 1.12 bits per heavy atom. The van der Waals surface area contributed by atoms with Crippen LogP contribution in [0.1, 0.15) is 0 Å². The van der Waals surface area contributed by atoms with Gasteiger partial charge in [-0.3, -0.25) is 0 Å². The van der Waals surface area contributed by atoms with Crippen molar-refractivity contribution in [3.05, 3.63) is 36.7 Å². The highest BCUT2D eigenvalue weighted by Gasteiger charge is 2.04. The van der Waals surface area contributed by atoms with Crippen LogP contribution in [-0.2, 0) is 0 Å². The summed E-state index contributed by atoms with van der Waals surface area (Å²) in [6, 6.07) is 6.34. The van der Waals surface area contributed by atoms with Crippen LogP contribution in [-0.4, -0.2) is 26.3 Å². The molecule has 0 fully saturated rings. The summed E-state index contributed by atoms with van der Waals surface area (Å²) in [4.78, 5) is 18.2. The van der Waals surface area contributed by atoms with Crippen LogP contribution in [0.15, 0.2) is 36.7 Å². The lowest BCUT2D eigenvalue weighted by atomic mass is 10.2. The Bertz CT molecular complexity index is 522. The first-order chi connectivity index (χ1) is 8.15. The maximum atomic E-state index is 10.3. The second-order valence-corrected chi connectivity index (χ2v) is 3.16. The number of carbonyl (C=O) groups is 1. The molecule has 1 aromatic carbocycles. The van der Waals surface area contributed by atoms with Crippen molar-refractivity contribution in [2.75, 3.05) is 0 Å². The van der Waals surface area contributed by atoms with Gasteiger partial charge in [-0.15, -0.1) is 0 Å². The Balaban J connectivity index is 2.23. The van der Waals surface area contributed by atoms with Crippen molar-refractivity contribution in [2.24, 2.45) is 0 Å².